The number of hydrogen-bond acceptors (Lipinski definition) is 3. The van der Waals surface area contributed by atoms with Gasteiger partial charge in [0.1, 0.15) is 5.69 Å². The van der Waals surface area contributed by atoms with Gasteiger partial charge in [-0.1, -0.05) is 23.8 Å². The van der Waals surface area contributed by atoms with E-state index in [-0.39, 0.29) is 11.9 Å². The highest BCUT2D eigenvalue weighted by molar-refractivity contribution is 5.96. The van der Waals surface area contributed by atoms with Crippen molar-refractivity contribution in [3.05, 3.63) is 41.7 Å². The van der Waals surface area contributed by atoms with E-state index in [1.54, 1.807) is 6.20 Å². The van der Waals surface area contributed by atoms with Crippen molar-refractivity contribution in [1.82, 2.24) is 15.2 Å². The Kier molecular flexibility index (Phi) is 3.34. The summed E-state index contributed by atoms with van der Waals surface area (Å²) in [4.78, 5) is 19.3. The predicted molar refractivity (Wildman–Crippen MR) is 86.9 cm³/mol. The molecule has 1 N–H and O–H groups in total. The third kappa shape index (κ3) is 2.48. The van der Waals surface area contributed by atoms with E-state index in [0.29, 0.717) is 11.6 Å². The molecule has 114 valence electrons. The molecule has 1 aromatic heterocycles. The number of carbonyl (C=O) groups excluding carboxylic acids is 1. The zero-order valence-electron chi connectivity index (χ0n) is 12.9. The normalized spacial score (nSPS) is 27.0. The van der Waals surface area contributed by atoms with Gasteiger partial charge in [0, 0.05) is 24.2 Å². The predicted octanol–water partition coefficient (Wildman–Crippen LogP) is 2.37. The smallest absolute Gasteiger partial charge is 0.270 e. The highest BCUT2D eigenvalue weighted by Gasteiger charge is 2.35. The Morgan fingerprint density at radius 3 is 2.77 bits per heavy atom. The molecule has 2 bridgehead atoms. The number of hydrogen-bond donors (Lipinski definition) is 1. The number of aromatic nitrogens is 1. The zero-order valence-corrected chi connectivity index (χ0v) is 12.9. The number of nitrogens with one attached hydrogen (secondary N) is 1. The van der Waals surface area contributed by atoms with Gasteiger partial charge in [-0.2, -0.15) is 0 Å². The second-order valence-corrected chi connectivity index (χ2v) is 6.64. The van der Waals surface area contributed by atoms with Crippen LogP contribution in [0.1, 0.15) is 28.9 Å². The lowest BCUT2D eigenvalue weighted by Crippen LogP contribution is -2.57. The Morgan fingerprint density at radius 1 is 1.23 bits per heavy atom. The minimum Gasteiger partial charge on any atom is -0.346 e. The maximum absolute atomic E-state index is 12.5. The molecule has 5 rings (SSSR count). The summed E-state index contributed by atoms with van der Waals surface area (Å²) in [5.41, 5.74) is 1.72. The van der Waals surface area contributed by atoms with Gasteiger partial charge in [-0.15, -0.1) is 0 Å². The van der Waals surface area contributed by atoms with Crippen LogP contribution in [0.5, 0.6) is 0 Å². The Balaban J connectivity index is 1.55. The van der Waals surface area contributed by atoms with Gasteiger partial charge in [0.25, 0.3) is 5.91 Å². The molecule has 3 aliphatic heterocycles. The van der Waals surface area contributed by atoms with Crippen molar-refractivity contribution in [3.8, 4) is 0 Å². The summed E-state index contributed by atoms with van der Waals surface area (Å²) < 4.78 is 0. The first-order valence-corrected chi connectivity index (χ1v) is 8.09. The Hall–Kier alpha value is -1.94. The quantitative estimate of drug-likeness (QED) is 0.925. The van der Waals surface area contributed by atoms with Gasteiger partial charge in [0.15, 0.2) is 0 Å². The summed E-state index contributed by atoms with van der Waals surface area (Å²) in [6.07, 6.45) is 4.20. The lowest BCUT2D eigenvalue weighted by atomic mass is 9.84. The van der Waals surface area contributed by atoms with Gasteiger partial charge >= 0.3 is 0 Å². The van der Waals surface area contributed by atoms with E-state index < -0.39 is 0 Å². The fourth-order valence-corrected chi connectivity index (χ4v) is 3.76. The average Bonchev–Trinajstić information content (AvgIpc) is 2.55. The fourth-order valence-electron chi connectivity index (χ4n) is 3.76. The largest absolute Gasteiger partial charge is 0.346 e. The van der Waals surface area contributed by atoms with E-state index in [4.69, 9.17) is 0 Å². The summed E-state index contributed by atoms with van der Waals surface area (Å²) in [5.74, 6) is 0.596. The Morgan fingerprint density at radius 2 is 2.05 bits per heavy atom. The van der Waals surface area contributed by atoms with Gasteiger partial charge in [0.2, 0.25) is 0 Å². The van der Waals surface area contributed by atoms with Crippen molar-refractivity contribution in [2.75, 3.05) is 19.6 Å². The van der Waals surface area contributed by atoms with Crippen molar-refractivity contribution in [2.24, 2.45) is 5.92 Å². The number of nitrogens with zero attached hydrogens (tertiary/aromatic N) is 2. The summed E-state index contributed by atoms with van der Waals surface area (Å²) in [5, 5.41) is 5.35. The molecule has 3 aliphatic rings. The van der Waals surface area contributed by atoms with Crippen LogP contribution in [0.15, 0.2) is 30.5 Å². The maximum atomic E-state index is 12.5. The first-order valence-electron chi connectivity index (χ1n) is 8.09. The lowest BCUT2D eigenvalue weighted by Gasteiger charge is -2.44. The Labute approximate surface area is 130 Å². The monoisotopic (exact) mass is 295 g/mol. The number of piperidine rings is 3. The Bertz CT molecular complexity index is 719. The zero-order chi connectivity index (χ0) is 15.1. The number of benzene rings is 1. The van der Waals surface area contributed by atoms with Crippen LogP contribution in [0.4, 0.5) is 0 Å². The van der Waals surface area contributed by atoms with Gasteiger partial charge < -0.3 is 10.2 Å². The second-order valence-electron chi connectivity index (χ2n) is 6.64. The minimum absolute atomic E-state index is 0.0397. The van der Waals surface area contributed by atoms with Crippen LogP contribution < -0.4 is 5.32 Å². The lowest BCUT2D eigenvalue weighted by molar-refractivity contribution is 0.0618. The number of fused-ring (bicyclic) bond motifs is 4. The maximum Gasteiger partial charge on any atom is 0.270 e. The second kappa shape index (κ2) is 5.36. The number of aryl methyl sites for hydroxylation is 1. The molecule has 1 unspecified atom stereocenters. The molecule has 1 atom stereocenters. The third-order valence-corrected chi connectivity index (χ3v) is 5.08. The van der Waals surface area contributed by atoms with Crippen LogP contribution in [-0.2, 0) is 0 Å². The molecule has 1 aromatic carbocycles. The summed E-state index contributed by atoms with van der Waals surface area (Å²) in [6.45, 7) is 5.42. The van der Waals surface area contributed by atoms with Crippen molar-refractivity contribution in [1.29, 1.82) is 0 Å². The summed E-state index contributed by atoms with van der Waals surface area (Å²) in [6, 6.07) is 8.40. The van der Waals surface area contributed by atoms with Gasteiger partial charge in [-0.25, -0.2) is 0 Å². The number of rotatable bonds is 2. The van der Waals surface area contributed by atoms with E-state index in [9.17, 15) is 4.79 Å². The van der Waals surface area contributed by atoms with Crippen molar-refractivity contribution < 1.29 is 4.79 Å². The number of amides is 1. The highest BCUT2D eigenvalue weighted by atomic mass is 16.1. The van der Waals surface area contributed by atoms with Gasteiger partial charge in [-0.3, -0.25) is 9.78 Å². The van der Waals surface area contributed by atoms with Crippen LogP contribution in [0.3, 0.4) is 0 Å². The van der Waals surface area contributed by atoms with Crippen LogP contribution in [0, 0.1) is 12.8 Å². The van der Waals surface area contributed by atoms with Crippen molar-refractivity contribution in [3.63, 3.8) is 0 Å². The molecule has 3 fully saturated rings. The highest BCUT2D eigenvalue weighted by Crippen LogP contribution is 2.27. The molecule has 0 radical (unpaired) electrons. The molecule has 22 heavy (non-hydrogen) atoms. The van der Waals surface area contributed by atoms with Gasteiger partial charge in [-0.05, 0) is 50.2 Å². The van der Waals surface area contributed by atoms with E-state index >= 15 is 0 Å². The van der Waals surface area contributed by atoms with Gasteiger partial charge in [0.05, 0.1) is 0 Å². The van der Waals surface area contributed by atoms with Crippen molar-refractivity contribution in [2.45, 2.75) is 25.8 Å². The fraction of sp³-hybridized carbons (Fsp3) is 0.444. The minimum atomic E-state index is -0.0397. The average molecular weight is 295 g/mol. The molecule has 4 nitrogen and oxygen atoms in total. The standard InChI is InChI=1S/C18H21N3O/c1-12-2-3-14-10-19-16(9-15(14)8-12)18(22)20-17-11-21-6-4-13(17)5-7-21/h2-3,8-10,13,17H,4-7,11H2,1H3,(H,20,22). The number of carbonyl (C=O) groups is 1. The van der Waals surface area contributed by atoms with Crippen LogP contribution >= 0.6 is 0 Å². The molecule has 0 saturated carbocycles. The number of pyridine rings is 1. The topological polar surface area (TPSA) is 45.2 Å². The van der Waals surface area contributed by atoms with E-state index in [1.807, 2.05) is 12.1 Å². The van der Waals surface area contributed by atoms with Crippen LogP contribution in [0.2, 0.25) is 0 Å². The molecule has 4 heteroatoms. The molecule has 1 amide bonds. The summed E-state index contributed by atoms with van der Waals surface area (Å²) in [7, 11) is 0. The van der Waals surface area contributed by atoms with E-state index in [0.717, 1.165) is 17.3 Å². The molecule has 4 heterocycles. The molecule has 0 spiro atoms. The van der Waals surface area contributed by atoms with E-state index in [1.165, 1.54) is 31.5 Å². The molecular weight excluding hydrogens is 274 g/mol. The SMILES string of the molecule is Cc1ccc2cnc(C(=O)NC3CN4CCC3CC4)cc2c1. The summed E-state index contributed by atoms with van der Waals surface area (Å²) >= 11 is 0. The van der Waals surface area contributed by atoms with Crippen LogP contribution in [0.25, 0.3) is 10.8 Å². The van der Waals surface area contributed by atoms with Crippen LogP contribution in [-0.4, -0.2) is 41.5 Å². The third-order valence-electron chi connectivity index (χ3n) is 5.08. The molecule has 3 saturated heterocycles. The molecule has 2 aromatic rings. The first-order chi connectivity index (χ1) is 10.7. The van der Waals surface area contributed by atoms with Crippen molar-refractivity contribution >= 4 is 16.7 Å². The molecule has 0 aliphatic carbocycles. The molecular formula is C18H21N3O. The van der Waals surface area contributed by atoms with E-state index in [2.05, 4.69) is 34.3 Å². The first kappa shape index (κ1) is 13.7.